The number of anilines is 1. The molecule has 29 heavy (non-hydrogen) atoms. The van der Waals surface area contributed by atoms with Crippen LogP contribution in [-0.2, 0) is 10.3 Å². The number of benzene rings is 2. The van der Waals surface area contributed by atoms with Gasteiger partial charge in [0, 0.05) is 11.1 Å². The topological polar surface area (TPSA) is 49.4 Å². The summed E-state index contributed by atoms with van der Waals surface area (Å²) < 4.78 is 27.0. The van der Waals surface area contributed by atoms with Crippen molar-refractivity contribution in [2.24, 2.45) is 0 Å². The van der Waals surface area contributed by atoms with Crippen LogP contribution in [0.3, 0.4) is 0 Å². The molecule has 2 aromatic carbocycles. The third kappa shape index (κ3) is 4.27. The smallest absolute Gasteiger partial charge is 0.319 e. The Morgan fingerprint density at radius 3 is 2.45 bits per heavy atom. The van der Waals surface area contributed by atoms with Crippen molar-refractivity contribution in [3.63, 3.8) is 0 Å². The van der Waals surface area contributed by atoms with Crippen LogP contribution in [0.15, 0.2) is 42.5 Å². The highest BCUT2D eigenvalue weighted by Crippen LogP contribution is 2.37. The lowest BCUT2D eigenvalue weighted by molar-refractivity contribution is -0.122. The number of nitrogens with zero attached hydrogens (tertiary/aromatic N) is 1. The summed E-state index contributed by atoms with van der Waals surface area (Å²) in [6, 6.07) is 9.09. The molecule has 0 spiro atoms. The van der Waals surface area contributed by atoms with Crippen LogP contribution in [0.5, 0.6) is 0 Å². The Kier molecular flexibility index (Phi) is 6.52. The van der Waals surface area contributed by atoms with E-state index in [1.807, 2.05) is 0 Å². The Balaban J connectivity index is 1.96. The summed E-state index contributed by atoms with van der Waals surface area (Å²) in [4.78, 5) is 27.1. The van der Waals surface area contributed by atoms with E-state index in [9.17, 15) is 18.4 Å². The highest BCUT2D eigenvalue weighted by molar-refractivity contribution is 6.30. The Bertz CT molecular complexity index is 921. The third-order valence-electron chi connectivity index (χ3n) is 5.23. The summed E-state index contributed by atoms with van der Waals surface area (Å²) in [6.07, 6.45) is 5.28. The predicted molar refractivity (Wildman–Crippen MR) is 109 cm³/mol. The van der Waals surface area contributed by atoms with Gasteiger partial charge in [0.1, 0.15) is 5.54 Å². The van der Waals surface area contributed by atoms with Gasteiger partial charge in [0.15, 0.2) is 11.6 Å². The van der Waals surface area contributed by atoms with E-state index in [1.165, 1.54) is 6.07 Å². The molecule has 2 aromatic rings. The average Bonchev–Trinajstić information content (AvgIpc) is 2.95. The lowest BCUT2D eigenvalue weighted by Crippen LogP contribution is -2.44. The summed E-state index contributed by atoms with van der Waals surface area (Å²) in [5, 5.41) is 3.24. The number of amides is 3. The van der Waals surface area contributed by atoms with Crippen molar-refractivity contribution in [1.82, 2.24) is 5.32 Å². The maximum Gasteiger partial charge on any atom is 0.329 e. The standard InChI is InChI=1S/C22H23ClF2N2O2/c1-2-3-4-5-6-12-22(15-8-7-9-16(23)13-15)20(28)27(21(29)26-22)17-10-11-18(24)19(25)14-17/h7-11,13-14H,2-6,12H2,1H3,(H,26,29). The largest absolute Gasteiger partial charge is 0.329 e. The molecule has 1 atom stereocenters. The molecule has 1 aliphatic heterocycles. The molecular weight excluding hydrogens is 398 g/mol. The number of unbranched alkanes of at least 4 members (excludes halogenated alkanes) is 4. The second-order valence-corrected chi connectivity index (χ2v) is 7.69. The van der Waals surface area contributed by atoms with Crippen molar-refractivity contribution in [2.45, 2.75) is 51.0 Å². The van der Waals surface area contributed by atoms with Crippen LogP contribution in [0.1, 0.15) is 51.0 Å². The Hall–Kier alpha value is -2.47. The molecule has 7 heteroatoms. The molecule has 0 radical (unpaired) electrons. The maximum absolute atomic E-state index is 13.7. The Labute approximate surface area is 173 Å². The van der Waals surface area contributed by atoms with Gasteiger partial charge in [-0.05, 0) is 36.2 Å². The van der Waals surface area contributed by atoms with Crippen molar-refractivity contribution in [1.29, 1.82) is 0 Å². The molecule has 3 amide bonds. The van der Waals surface area contributed by atoms with Crippen molar-refractivity contribution >= 4 is 29.2 Å². The third-order valence-corrected chi connectivity index (χ3v) is 5.46. The molecule has 154 valence electrons. The van der Waals surface area contributed by atoms with E-state index in [0.717, 1.165) is 49.1 Å². The highest BCUT2D eigenvalue weighted by atomic mass is 35.5. The average molecular weight is 421 g/mol. The molecule has 3 rings (SSSR count). The SMILES string of the molecule is CCCCCCCC1(c2cccc(Cl)c2)NC(=O)N(c2ccc(F)c(F)c2)C1=O. The number of urea groups is 1. The van der Waals surface area contributed by atoms with E-state index >= 15 is 0 Å². The van der Waals surface area contributed by atoms with Gasteiger partial charge < -0.3 is 5.32 Å². The summed E-state index contributed by atoms with van der Waals surface area (Å²) in [7, 11) is 0. The number of nitrogens with one attached hydrogen (secondary N) is 1. The summed E-state index contributed by atoms with van der Waals surface area (Å²) in [5.41, 5.74) is -0.732. The maximum atomic E-state index is 13.7. The van der Waals surface area contributed by atoms with E-state index in [4.69, 9.17) is 11.6 Å². The molecule has 1 aliphatic rings. The molecular formula is C22H23ClF2N2O2. The zero-order valence-corrected chi connectivity index (χ0v) is 16.9. The van der Waals surface area contributed by atoms with Crippen LogP contribution in [0.4, 0.5) is 19.3 Å². The molecule has 1 unspecified atom stereocenters. The Morgan fingerprint density at radius 2 is 1.76 bits per heavy atom. The summed E-state index contributed by atoms with van der Waals surface area (Å²) in [6.45, 7) is 2.12. The number of hydrogen-bond donors (Lipinski definition) is 1. The molecule has 0 saturated carbocycles. The predicted octanol–water partition coefficient (Wildman–Crippen LogP) is 5.93. The first-order valence-corrected chi connectivity index (χ1v) is 10.1. The number of imide groups is 1. The lowest BCUT2D eigenvalue weighted by atomic mass is 9.84. The second kappa shape index (κ2) is 8.91. The van der Waals surface area contributed by atoms with Gasteiger partial charge in [-0.2, -0.15) is 0 Å². The molecule has 1 saturated heterocycles. The molecule has 0 aromatic heterocycles. The van der Waals surface area contributed by atoms with Crippen molar-refractivity contribution in [3.05, 3.63) is 64.7 Å². The number of hydrogen-bond acceptors (Lipinski definition) is 2. The molecule has 1 heterocycles. The fourth-order valence-electron chi connectivity index (χ4n) is 3.69. The van der Waals surface area contributed by atoms with Gasteiger partial charge in [-0.15, -0.1) is 0 Å². The first-order valence-electron chi connectivity index (χ1n) is 9.77. The first-order chi connectivity index (χ1) is 13.9. The molecule has 0 aliphatic carbocycles. The van der Waals surface area contributed by atoms with Gasteiger partial charge in [0.05, 0.1) is 5.69 Å². The van der Waals surface area contributed by atoms with E-state index in [1.54, 1.807) is 24.3 Å². The van der Waals surface area contributed by atoms with Crippen LogP contribution in [0, 0.1) is 11.6 Å². The van der Waals surface area contributed by atoms with Gasteiger partial charge >= 0.3 is 6.03 Å². The zero-order chi connectivity index (χ0) is 21.0. The van der Waals surface area contributed by atoms with Crippen molar-refractivity contribution in [3.8, 4) is 0 Å². The van der Waals surface area contributed by atoms with Gasteiger partial charge in [-0.1, -0.05) is 62.8 Å². The molecule has 1 fully saturated rings. The highest BCUT2D eigenvalue weighted by Gasteiger charge is 2.52. The quantitative estimate of drug-likeness (QED) is 0.425. The summed E-state index contributed by atoms with van der Waals surface area (Å²) in [5.74, 6) is -2.69. The minimum atomic E-state index is -1.29. The monoisotopic (exact) mass is 420 g/mol. The first kappa shape index (κ1) is 21.2. The second-order valence-electron chi connectivity index (χ2n) is 7.25. The molecule has 1 N–H and O–H groups in total. The zero-order valence-electron chi connectivity index (χ0n) is 16.2. The van der Waals surface area contributed by atoms with Crippen molar-refractivity contribution < 1.29 is 18.4 Å². The summed E-state index contributed by atoms with van der Waals surface area (Å²) >= 11 is 6.13. The van der Waals surface area contributed by atoms with Crippen LogP contribution in [0.25, 0.3) is 0 Å². The van der Waals surface area contributed by atoms with Gasteiger partial charge in [0.2, 0.25) is 0 Å². The normalized spacial score (nSPS) is 19.0. The van der Waals surface area contributed by atoms with Gasteiger partial charge in [-0.25, -0.2) is 18.5 Å². The lowest BCUT2D eigenvalue weighted by Gasteiger charge is -2.27. The number of rotatable bonds is 8. The van der Waals surface area contributed by atoms with E-state index in [0.29, 0.717) is 17.0 Å². The Morgan fingerprint density at radius 1 is 1.00 bits per heavy atom. The van der Waals surface area contributed by atoms with Crippen LogP contribution in [0.2, 0.25) is 5.02 Å². The van der Waals surface area contributed by atoms with E-state index in [2.05, 4.69) is 12.2 Å². The van der Waals surface area contributed by atoms with Gasteiger partial charge in [-0.3, -0.25) is 4.79 Å². The van der Waals surface area contributed by atoms with Crippen molar-refractivity contribution in [2.75, 3.05) is 4.90 Å². The minimum Gasteiger partial charge on any atom is -0.319 e. The fraction of sp³-hybridized carbons (Fsp3) is 0.364. The number of halogens is 3. The number of carbonyl (C=O) groups is 2. The molecule has 0 bridgehead atoms. The van der Waals surface area contributed by atoms with Crippen LogP contribution >= 0.6 is 11.6 Å². The van der Waals surface area contributed by atoms with E-state index < -0.39 is 29.1 Å². The van der Waals surface area contributed by atoms with Crippen LogP contribution < -0.4 is 10.2 Å². The number of carbonyl (C=O) groups excluding carboxylic acids is 2. The molecule has 4 nitrogen and oxygen atoms in total. The van der Waals surface area contributed by atoms with Crippen LogP contribution in [-0.4, -0.2) is 11.9 Å². The minimum absolute atomic E-state index is 0.0127. The van der Waals surface area contributed by atoms with E-state index in [-0.39, 0.29) is 5.69 Å². The fourth-order valence-corrected chi connectivity index (χ4v) is 3.88. The van der Waals surface area contributed by atoms with Gasteiger partial charge in [0.25, 0.3) is 5.91 Å².